The summed E-state index contributed by atoms with van der Waals surface area (Å²) >= 11 is 0. The molecule has 0 bridgehead atoms. The van der Waals surface area contributed by atoms with Crippen molar-refractivity contribution < 1.29 is 9.53 Å². The van der Waals surface area contributed by atoms with Crippen LogP contribution < -0.4 is 5.32 Å². The predicted molar refractivity (Wildman–Crippen MR) is 111 cm³/mol. The lowest BCUT2D eigenvalue weighted by molar-refractivity contribution is -0.146. The number of para-hydroxylation sites is 1. The molecule has 3 rings (SSSR count). The second-order valence-electron chi connectivity index (χ2n) is 7.97. The van der Waals surface area contributed by atoms with Crippen molar-refractivity contribution in [1.29, 1.82) is 0 Å². The van der Waals surface area contributed by atoms with Crippen molar-refractivity contribution >= 4 is 5.91 Å². The van der Waals surface area contributed by atoms with Gasteiger partial charge >= 0.3 is 0 Å². The normalized spacial score (nSPS) is 16.2. The Morgan fingerprint density at radius 2 is 1.93 bits per heavy atom. The third kappa shape index (κ3) is 3.84. The summed E-state index contributed by atoms with van der Waals surface area (Å²) in [7, 11) is 3.57. The zero-order chi connectivity index (χ0) is 20.3. The molecule has 2 aromatic rings. The number of rotatable bonds is 6. The van der Waals surface area contributed by atoms with E-state index in [2.05, 4.69) is 31.3 Å². The van der Waals surface area contributed by atoms with E-state index >= 15 is 0 Å². The number of carbonyl (C=O) groups excluding carboxylic acids is 1. The molecule has 6 nitrogen and oxygen atoms in total. The fourth-order valence-corrected chi connectivity index (χ4v) is 4.25. The number of ether oxygens (including phenoxy) is 1. The van der Waals surface area contributed by atoms with Crippen molar-refractivity contribution in [2.24, 2.45) is 5.41 Å². The molecule has 0 saturated carbocycles. The van der Waals surface area contributed by atoms with E-state index in [1.54, 1.807) is 7.11 Å². The molecule has 152 valence electrons. The third-order valence-electron chi connectivity index (χ3n) is 5.96. The van der Waals surface area contributed by atoms with Gasteiger partial charge in [-0.3, -0.25) is 4.79 Å². The monoisotopic (exact) mass is 384 g/mol. The molecular formula is C22H32N4O2. The second kappa shape index (κ2) is 8.45. The van der Waals surface area contributed by atoms with Gasteiger partial charge in [-0.1, -0.05) is 18.2 Å². The number of amides is 1. The number of methoxy groups -OCH3 is 1. The number of aryl methyl sites for hydroxylation is 2. The van der Waals surface area contributed by atoms with E-state index in [1.165, 1.54) is 5.56 Å². The summed E-state index contributed by atoms with van der Waals surface area (Å²) in [6.45, 7) is 8.92. The highest BCUT2D eigenvalue weighted by Crippen LogP contribution is 2.32. The van der Waals surface area contributed by atoms with Gasteiger partial charge in [0.2, 0.25) is 5.91 Å². The first kappa shape index (κ1) is 20.6. The van der Waals surface area contributed by atoms with E-state index in [0.717, 1.165) is 48.6 Å². The average Bonchev–Trinajstić information content (AvgIpc) is 2.96. The molecule has 28 heavy (non-hydrogen) atoms. The molecule has 1 aromatic heterocycles. The predicted octanol–water partition coefficient (Wildman–Crippen LogP) is 2.77. The zero-order valence-electron chi connectivity index (χ0n) is 17.7. The van der Waals surface area contributed by atoms with Crippen molar-refractivity contribution in [3.05, 3.63) is 46.8 Å². The molecule has 0 aliphatic carbocycles. The smallest absolute Gasteiger partial charge is 0.231 e. The molecule has 0 unspecified atom stereocenters. The molecule has 0 radical (unpaired) electrons. The number of hydrogen-bond acceptors (Lipinski definition) is 4. The van der Waals surface area contributed by atoms with Crippen LogP contribution in [0.25, 0.3) is 5.69 Å². The van der Waals surface area contributed by atoms with Crippen molar-refractivity contribution in [1.82, 2.24) is 20.0 Å². The van der Waals surface area contributed by atoms with Gasteiger partial charge in [-0.15, -0.1) is 0 Å². The van der Waals surface area contributed by atoms with Crippen LogP contribution in [0, 0.1) is 26.2 Å². The number of benzene rings is 1. The van der Waals surface area contributed by atoms with Gasteiger partial charge in [-0.05, 0) is 58.3 Å². The van der Waals surface area contributed by atoms with Crippen molar-refractivity contribution in [3.63, 3.8) is 0 Å². The van der Waals surface area contributed by atoms with Crippen LogP contribution in [0.15, 0.2) is 24.3 Å². The van der Waals surface area contributed by atoms with Crippen molar-refractivity contribution in [2.45, 2.75) is 40.2 Å². The molecular weight excluding hydrogens is 352 g/mol. The fourth-order valence-electron chi connectivity index (χ4n) is 4.25. The first-order valence-corrected chi connectivity index (χ1v) is 9.96. The summed E-state index contributed by atoms with van der Waals surface area (Å²) in [4.78, 5) is 15.2. The van der Waals surface area contributed by atoms with Gasteiger partial charge < -0.3 is 15.0 Å². The number of piperidine rings is 1. The van der Waals surface area contributed by atoms with Crippen LogP contribution in [0.1, 0.15) is 35.4 Å². The molecule has 0 atom stereocenters. The minimum absolute atomic E-state index is 0.165. The van der Waals surface area contributed by atoms with Crippen LogP contribution in [-0.4, -0.2) is 54.4 Å². The van der Waals surface area contributed by atoms with Crippen LogP contribution in [0.5, 0.6) is 0 Å². The molecule has 0 spiro atoms. The van der Waals surface area contributed by atoms with Crippen LogP contribution in [0.3, 0.4) is 0 Å². The van der Waals surface area contributed by atoms with Gasteiger partial charge in [0, 0.05) is 32.0 Å². The van der Waals surface area contributed by atoms with Crippen molar-refractivity contribution in [2.75, 3.05) is 33.9 Å². The van der Waals surface area contributed by atoms with Gasteiger partial charge in [-0.2, -0.15) is 5.10 Å². The molecule has 1 fully saturated rings. The van der Waals surface area contributed by atoms with Crippen LogP contribution in [0.2, 0.25) is 0 Å². The molecule has 1 aromatic carbocycles. The Kier molecular flexibility index (Phi) is 6.20. The Morgan fingerprint density at radius 3 is 2.57 bits per heavy atom. The lowest BCUT2D eigenvalue weighted by Gasteiger charge is -2.38. The first-order chi connectivity index (χ1) is 13.4. The summed E-state index contributed by atoms with van der Waals surface area (Å²) in [5.41, 5.74) is 4.99. The summed E-state index contributed by atoms with van der Waals surface area (Å²) in [6.07, 6.45) is 1.62. The quantitative estimate of drug-likeness (QED) is 0.832. The summed E-state index contributed by atoms with van der Waals surface area (Å²) < 4.78 is 7.43. The van der Waals surface area contributed by atoms with Gasteiger partial charge in [0.05, 0.1) is 23.4 Å². The Hall–Kier alpha value is -2.18. The van der Waals surface area contributed by atoms with E-state index in [4.69, 9.17) is 9.84 Å². The van der Waals surface area contributed by atoms with E-state index in [-0.39, 0.29) is 5.91 Å². The lowest BCUT2D eigenvalue weighted by Crippen LogP contribution is -2.50. The van der Waals surface area contributed by atoms with Crippen LogP contribution in [-0.2, 0) is 16.1 Å². The van der Waals surface area contributed by atoms with Crippen LogP contribution in [0.4, 0.5) is 0 Å². The molecule has 1 aliphatic heterocycles. The highest BCUT2D eigenvalue weighted by Gasteiger charge is 2.41. The van der Waals surface area contributed by atoms with E-state index in [0.29, 0.717) is 13.2 Å². The zero-order valence-corrected chi connectivity index (χ0v) is 17.7. The third-order valence-corrected chi connectivity index (χ3v) is 5.96. The van der Waals surface area contributed by atoms with E-state index in [9.17, 15) is 4.79 Å². The minimum Gasteiger partial charge on any atom is -0.384 e. The highest BCUT2D eigenvalue weighted by molar-refractivity contribution is 5.83. The summed E-state index contributed by atoms with van der Waals surface area (Å²) in [5.74, 6) is 0.165. The maximum atomic E-state index is 13.4. The van der Waals surface area contributed by atoms with Gasteiger partial charge in [0.1, 0.15) is 0 Å². The lowest BCUT2D eigenvalue weighted by atomic mass is 9.78. The molecule has 1 aliphatic rings. The standard InChI is InChI=1S/C22H32N4O2/c1-16-8-6-7-9-20(16)26-18(3)19(17(2)24-26)14-25(4)21(27)22(15-28-5)10-12-23-13-11-22/h6-9,23H,10-15H2,1-5H3. The largest absolute Gasteiger partial charge is 0.384 e. The number of hydrogen-bond donors (Lipinski definition) is 1. The maximum Gasteiger partial charge on any atom is 0.231 e. The SMILES string of the molecule is COCC1(C(=O)N(C)Cc2c(C)nn(-c3ccccc3C)c2C)CCNCC1. The number of nitrogens with zero attached hydrogens (tertiary/aromatic N) is 3. The van der Waals surface area contributed by atoms with Gasteiger partial charge in [0.15, 0.2) is 0 Å². The first-order valence-electron chi connectivity index (χ1n) is 9.96. The Balaban J connectivity index is 1.85. The topological polar surface area (TPSA) is 59.4 Å². The number of carbonyl (C=O) groups is 1. The summed E-state index contributed by atoms with van der Waals surface area (Å²) in [6, 6.07) is 8.23. The molecule has 1 amide bonds. The average molecular weight is 385 g/mol. The Morgan fingerprint density at radius 1 is 1.25 bits per heavy atom. The van der Waals surface area contributed by atoms with Gasteiger partial charge in [-0.25, -0.2) is 4.68 Å². The Bertz CT molecular complexity index is 832. The highest BCUT2D eigenvalue weighted by atomic mass is 16.5. The number of nitrogens with one attached hydrogen (secondary N) is 1. The van der Waals surface area contributed by atoms with Gasteiger partial charge in [0.25, 0.3) is 0 Å². The summed E-state index contributed by atoms with van der Waals surface area (Å²) in [5, 5.41) is 8.11. The maximum absolute atomic E-state index is 13.4. The minimum atomic E-state index is -0.428. The molecule has 6 heteroatoms. The Labute approximate surface area is 167 Å². The van der Waals surface area contributed by atoms with Crippen molar-refractivity contribution in [3.8, 4) is 5.69 Å². The fraction of sp³-hybridized carbons (Fsp3) is 0.545. The second-order valence-corrected chi connectivity index (χ2v) is 7.97. The van der Waals surface area contributed by atoms with E-state index in [1.807, 2.05) is 35.7 Å². The molecule has 1 N–H and O–H groups in total. The van der Waals surface area contributed by atoms with E-state index < -0.39 is 5.41 Å². The number of aromatic nitrogens is 2. The molecule has 1 saturated heterocycles. The molecule has 2 heterocycles. The van der Waals surface area contributed by atoms with Crippen LogP contribution >= 0.6 is 0 Å².